The molecule has 1 aliphatic rings. The Hall–Kier alpha value is -1.71. The van der Waals surface area contributed by atoms with Crippen molar-refractivity contribution in [2.24, 2.45) is 4.99 Å². The molecule has 7 nitrogen and oxygen atoms in total. The van der Waals surface area contributed by atoms with Crippen LogP contribution in [0.3, 0.4) is 0 Å². The molecule has 3 N–H and O–H groups in total. The highest BCUT2D eigenvalue weighted by molar-refractivity contribution is 14.0. The number of nitrogens with one attached hydrogen (secondary N) is 3. The van der Waals surface area contributed by atoms with Gasteiger partial charge >= 0.3 is 0 Å². The van der Waals surface area contributed by atoms with Crippen molar-refractivity contribution < 1.29 is 14.3 Å². The van der Waals surface area contributed by atoms with Crippen LogP contribution in [0.25, 0.3) is 0 Å². The number of ether oxygens (including phenoxy) is 2. The molecule has 0 saturated carbocycles. The minimum Gasteiger partial charge on any atom is -0.496 e. The summed E-state index contributed by atoms with van der Waals surface area (Å²) in [6.07, 6.45) is 1.08. The van der Waals surface area contributed by atoms with Gasteiger partial charge in [0.2, 0.25) is 5.91 Å². The van der Waals surface area contributed by atoms with Crippen LogP contribution in [-0.4, -0.2) is 44.2 Å². The molecule has 2 rings (SSSR count). The molecule has 0 fully saturated rings. The SMILES string of the molecule is CN=C(NCC(=O)NC(C)(C)C)NCc1cc2c(cc1OC)CC(C)O2.I. The van der Waals surface area contributed by atoms with Gasteiger partial charge in [0.1, 0.15) is 17.6 Å². The van der Waals surface area contributed by atoms with Gasteiger partial charge in [0.25, 0.3) is 0 Å². The molecular formula is C19H31IN4O3. The average molecular weight is 490 g/mol. The Kier molecular flexibility index (Phi) is 8.64. The van der Waals surface area contributed by atoms with Gasteiger partial charge in [0.05, 0.1) is 13.7 Å². The zero-order valence-electron chi connectivity index (χ0n) is 16.9. The monoisotopic (exact) mass is 490 g/mol. The number of halogens is 1. The lowest BCUT2D eigenvalue weighted by Crippen LogP contribution is -2.48. The van der Waals surface area contributed by atoms with Crippen LogP contribution >= 0.6 is 24.0 Å². The summed E-state index contributed by atoms with van der Waals surface area (Å²) in [4.78, 5) is 16.1. The molecule has 1 aromatic carbocycles. The Bertz CT molecular complexity index is 686. The van der Waals surface area contributed by atoms with Gasteiger partial charge in [-0.2, -0.15) is 0 Å². The maximum absolute atomic E-state index is 11.9. The number of nitrogens with zero attached hydrogens (tertiary/aromatic N) is 1. The predicted octanol–water partition coefficient (Wildman–Crippen LogP) is 2.22. The van der Waals surface area contributed by atoms with Crippen molar-refractivity contribution in [3.8, 4) is 11.5 Å². The third kappa shape index (κ3) is 7.08. The predicted molar refractivity (Wildman–Crippen MR) is 118 cm³/mol. The van der Waals surface area contributed by atoms with E-state index in [1.807, 2.05) is 32.9 Å². The molecule has 27 heavy (non-hydrogen) atoms. The first-order valence-electron chi connectivity index (χ1n) is 8.84. The number of carbonyl (C=O) groups is 1. The van der Waals surface area contributed by atoms with Gasteiger partial charge in [-0.05, 0) is 39.8 Å². The first-order valence-corrected chi connectivity index (χ1v) is 8.84. The fraction of sp³-hybridized carbons (Fsp3) is 0.579. The number of hydrogen-bond acceptors (Lipinski definition) is 4. The Morgan fingerprint density at radius 3 is 2.63 bits per heavy atom. The van der Waals surface area contributed by atoms with Gasteiger partial charge in [-0.25, -0.2) is 0 Å². The number of benzene rings is 1. The van der Waals surface area contributed by atoms with E-state index in [0.717, 1.165) is 23.5 Å². The van der Waals surface area contributed by atoms with E-state index < -0.39 is 0 Å². The van der Waals surface area contributed by atoms with E-state index in [0.29, 0.717) is 12.5 Å². The summed E-state index contributed by atoms with van der Waals surface area (Å²) in [6, 6.07) is 4.03. The first kappa shape index (κ1) is 23.3. The van der Waals surface area contributed by atoms with Crippen molar-refractivity contribution in [1.82, 2.24) is 16.0 Å². The van der Waals surface area contributed by atoms with Crippen molar-refractivity contribution in [2.75, 3.05) is 20.7 Å². The quantitative estimate of drug-likeness (QED) is 0.335. The Morgan fingerprint density at radius 2 is 2.04 bits per heavy atom. The fourth-order valence-corrected chi connectivity index (χ4v) is 2.84. The number of methoxy groups -OCH3 is 1. The van der Waals surface area contributed by atoms with Crippen LogP contribution in [0.2, 0.25) is 0 Å². The molecule has 1 atom stereocenters. The number of carbonyl (C=O) groups excluding carboxylic acids is 1. The molecule has 0 spiro atoms. The molecule has 0 aromatic heterocycles. The normalized spacial score (nSPS) is 15.9. The van der Waals surface area contributed by atoms with Crippen LogP contribution in [-0.2, 0) is 17.8 Å². The summed E-state index contributed by atoms with van der Waals surface area (Å²) in [6.45, 7) is 8.55. The van der Waals surface area contributed by atoms with Gasteiger partial charge in [0.15, 0.2) is 5.96 Å². The van der Waals surface area contributed by atoms with Crippen LogP contribution in [0.5, 0.6) is 11.5 Å². The molecule has 0 bridgehead atoms. The summed E-state index contributed by atoms with van der Waals surface area (Å²) < 4.78 is 11.3. The van der Waals surface area contributed by atoms with E-state index >= 15 is 0 Å². The van der Waals surface area contributed by atoms with E-state index in [1.54, 1.807) is 14.2 Å². The zero-order valence-corrected chi connectivity index (χ0v) is 19.3. The maximum Gasteiger partial charge on any atom is 0.239 e. The van der Waals surface area contributed by atoms with Crippen molar-refractivity contribution >= 4 is 35.8 Å². The molecule has 1 amide bonds. The molecular weight excluding hydrogens is 459 g/mol. The molecule has 1 heterocycles. The van der Waals surface area contributed by atoms with Crippen molar-refractivity contribution in [2.45, 2.75) is 52.3 Å². The lowest BCUT2D eigenvalue weighted by Gasteiger charge is -2.21. The third-order valence-electron chi connectivity index (χ3n) is 3.90. The summed E-state index contributed by atoms with van der Waals surface area (Å²) >= 11 is 0. The third-order valence-corrected chi connectivity index (χ3v) is 3.90. The minimum absolute atomic E-state index is 0. The van der Waals surface area contributed by atoms with E-state index in [2.05, 4.69) is 27.9 Å². The van der Waals surface area contributed by atoms with Crippen LogP contribution in [0.1, 0.15) is 38.8 Å². The fourth-order valence-electron chi connectivity index (χ4n) is 2.84. The molecule has 8 heteroatoms. The molecule has 0 saturated heterocycles. The van der Waals surface area contributed by atoms with Crippen LogP contribution in [0.15, 0.2) is 17.1 Å². The van der Waals surface area contributed by atoms with Gasteiger partial charge in [-0.15, -0.1) is 24.0 Å². The molecule has 0 aliphatic carbocycles. The number of amides is 1. The Balaban J connectivity index is 0.00000364. The zero-order chi connectivity index (χ0) is 19.3. The van der Waals surface area contributed by atoms with E-state index in [1.165, 1.54) is 5.56 Å². The Labute approximate surface area is 178 Å². The maximum atomic E-state index is 11.9. The van der Waals surface area contributed by atoms with Gasteiger partial charge in [-0.3, -0.25) is 9.79 Å². The van der Waals surface area contributed by atoms with Crippen molar-refractivity contribution in [3.63, 3.8) is 0 Å². The molecule has 1 aliphatic heterocycles. The standard InChI is InChI=1S/C19H30N4O3.HI/c1-12-7-13-8-15(25-6)14(9-16(13)26-12)10-21-18(20-5)22-11-17(24)23-19(2,3)4;/h8-9,12H,7,10-11H2,1-6H3,(H,23,24)(H2,20,21,22);1H. The van der Waals surface area contributed by atoms with Crippen molar-refractivity contribution in [1.29, 1.82) is 0 Å². The second-order valence-corrected chi connectivity index (χ2v) is 7.48. The summed E-state index contributed by atoms with van der Waals surface area (Å²) in [5.41, 5.74) is 1.88. The second kappa shape index (κ2) is 10.0. The van der Waals surface area contributed by atoms with Gasteiger partial charge in [0, 0.05) is 36.7 Å². The number of rotatable bonds is 5. The highest BCUT2D eigenvalue weighted by Crippen LogP contribution is 2.34. The Morgan fingerprint density at radius 1 is 1.33 bits per heavy atom. The lowest BCUT2D eigenvalue weighted by molar-refractivity contribution is -0.121. The topological polar surface area (TPSA) is 84.0 Å². The average Bonchev–Trinajstić information content (AvgIpc) is 2.91. The molecule has 152 valence electrons. The van der Waals surface area contributed by atoms with Crippen molar-refractivity contribution in [3.05, 3.63) is 23.3 Å². The van der Waals surface area contributed by atoms with Crippen LogP contribution in [0, 0.1) is 0 Å². The second-order valence-electron chi connectivity index (χ2n) is 7.48. The molecule has 1 unspecified atom stereocenters. The summed E-state index contributed by atoms with van der Waals surface area (Å²) in [5, 5.41) is 9.12. The number of hydrogen-bond donors (Lipinski definition) is 3. The van der Waals surface area contributed by atoms with E-state index in [9.17, 15) is 4.79 Å². The van der Waals surface area contributed by atoms with Gasteiger partial charge in [-0.1, -0.05) is 0 Å². The van der Waals surface area contributed by atoms with E-state index in [4.69, 9.17) is 9.47 Å². The smallest absolute Gasteiger partial charge is 0.239 e. The minimum atomic E-state index is -0.259. The molecule has 0 radical (unpaired) electrons. The van der Waals surface area contributed by atoms with Crippen LogP contribution < -0.4 is 25.4 Å². The lowest BCUT2D eigenvalue weighted by atomic mass is 10.1. The number of fused-ring (bicyclic) bond motifs is 1. The first-order chi connectivity index (χ1) is 12.2. The molecule has 1 aromatic rings. The number of aliphatic imine (C=N–C) groups is 1. The largest absolute Gasteiger partial charge is 0.496 e. The van der Waals surface area contributed by atoms with Gasteiger partial charge < -0.3 is 25.4 Å². The summed E-state index contributed by atoms with van der Waals surface area (Å²) in [7, 11) is 3.33. The van der Waals surface area contributed by atoms with E-state index in [-0.39, 0.29) is 48.1 Å². The summed E-state index contributed by atoms with van der Waals surface area (Å²) in [5.74, 6) is 2.18. The highest BCUT2D eigenvalue weighted by Gasteiger charge is 2.21. The number of guanidine groups is 1. The van der Waals surface area contributed by atoms with Crippen LogP contribution in [0.4, 0.5) is 0 Å². The highest BCUT2D eigenvalue weighted by atomic mass is 127.